The van der Waals surface area contributed by atoms with Gasteiger partial charge in [-0.25, -0.2) is 15.0 Å². The fraction of sp³-hybridized carbons (Fsp3) is 0. The Balaban J connectivity index is 1.04. The maximum absolute atomic E-state index is 6.69. The minimum atomic E-state index is 0.598. The molecule has 0 bridgehead atoms. The van der Waals surface area contributed by atoms with Crippen LogP contribution in [0.25, 0.3) is 110 Å². The zero-order valence-corrected chi connectivity index (χ0v) is 30.9. The molecule has 0 aliphatic heterocycles. The van der Waals surface area contributed by atoms with E-state index >= 15 is 0 Å². The van der Waals surface area contributed by atoms with Gasteiger partial charge in [0.05, 0.1) is 0 Å². The van der Waals surface area contributed by atoms with Gasteiger partial charge in [0.1, 0.15) is 11.2 Å². The first-order chi connectivity index (χ1) is 27.7. The molecule has 4 nitrogen and oxygen atoms in total. The topological polar surface area (TPSA) is 51.8 Å². The van der Waals surface area contributed by atoms with Gasteiger partial charge >= 0.3 is 0 Å². The van der Waals surface area contributed by atoms with Crippen molar-refractivity contribution in [2.45, 2.75) is 0 Å². The van der Waals surface area contributed by atoms with Gasteiger partial charge in [-0.2, -0.15) is 0 Å². The van der Waals surface area contributed by atoms with Crippen molar-refractivity contribution in [1.29, 1.82) is 0 Å². The number of nitrogens with zero attached hydrogens (tertiary/aromatic N) is 3. The third-order valence-electron chi connectivity index (χ3n) is 10.5. The first-order valence-corrected chi connectivity index (χ1v) is 19.5. The molecular weight excluding hydrogens is 703 g/mol. The predicted octanol–water partition coefficient (Wildman–Crippen LogP) is 14.1. The van der Waals surface area contributed by atoms with E-state index in [9.17, 15) is 0 Å². The molecule has 0 fully saturated rings. The second-order valence-electron chi connectivity index (χ2n) is 14.0. The molecule has 56 heavy (non-hydrogen) atoms. The summed E-state index contributed by atoms with van der Waals surface area (Å²) < 4.78 is 9.24. The van der Waals surface area contributed by atoms with E-state index in [2.05, 4.69) is 127 Å². The van der Waals surface area contributed by atoms with Crippen LogP contribution >= 0.6 is 11.3 Å². The lowest BCUT2D eigenvalue weighted by atomic mass is 9.94. The number of aromatic nitrogens is 3. The van der Waals surface area contributed by atoms with E-state index in [4.69, 9.17) is 19.4 Å². The Bertz CT molecular complexity index is 3180. The van der Waals surface area contributed by atoms with Crippen LogP contribution in [-0.2, 0) is 0 Å². The Morgan fingerprint density at radius 1 is 0.321 bits per heavy atom. The average Bonchev–Trinajstić information content (AvgIpc) is 3.84. The van der Waals surface area contributed by atoms with Gasteiger partial charge in [-0.1, -0.05) is 140 Å². The third-order valence-corrected chi connectivity index (χ3v) is 11.7. The number of fused-ring (bicyclic) bond motifs is 6. The molecular formula is C51H31N3OS. The minimum Gasteiger partial charge on any atom is -0.456 e. The van der Waals surface area contributed by atoms with Gasteiger partial charge < -0.3 is 4.42 Å². The van der Waals surface area contributed by atoms with E-state index in [-0.39, 0.29) is 0 Å². The average molecular weight is 734 g/mol. The van der Waals surface area contributed by atoms with Crippen LogP contribution in [0.1, 0.15) is 0 Å². The number of thiophene rings is 1. The van der Waals surface area contributed by atoms with Crippen LogP contribution in [0.2, 0.25) is 0 Å². The van der Waals surface area contributed by atoms with Crippen LogP contribution in [0, 0.1) is 0 Å². The van der Waals surface area contributed by atoms with Crippen molar-refractivity contribution < 1.29 is 4.42 Å². The van der Waals surface area contributed by atoms with Gasteiger partial charge in [0, 0.05) is 53.2 Å². The molecule has 11 rings (SSSR count). The third kappa shape index (κ3) is 5.65. The normalized spacial score (nSPS) is 11.6. The summed E-state index contributed by atoms with van der Waals surface area (Å²) in [5.74, 6) is 1.86. The maximum Gasteiger partial charge on any atom is 0.164 e. The largest absolute Gasteiger partial charge is 0.456 e. The summed E-state index contributed by atoms with van der Waals surface area (Å²) in [6.45, 7) is 0. The first kappa shape index (κ1) is 32.2. The lowest BCUT2D eigenvalue weighted by Gasteiger charge is -2.11. The summed E-state index contributed by atoms with van der Waals surface area (Å²) in [6, 6.07) is 65.8. The fourth-order valence-corrected chi connectivity index (χ4v) is 8.96. The van der Waals surface area contributed by atoms with Crippen molar-refractivity contribution in [2.75, 3.05) is 0 Å². The molecule has 0 radical (unpaired) electrons. The highest BCUT2D eigenvalue weighted by Crippen LogP contribution is 2.44. The van der Waals surface area contributed by atoms with Crippen LogP contribution in [0.4, 0.5) is 0 Å². The summed E-state index contributed by atoms with van der Waals surface area (Å²) in [4.78, 5) is 14.8. The molecule has 5 heteroatoms. The molecule has 0 saturated heterocycles. The molecule has 0 spiro atoms. The molecule has 3 heterocycles. The molecule has 0 atom stereocenters. The van der Waals surface area contributed by atoms with Crippen LogP contribution in [0.15, 0.2) is 192 Å². The van der Waals surface area contributed by atoms with E-state index in [1.807, 2.05) is 72.0 Å². The van der Waals surface area contributed by atoms with E-state index in [0.717, 1.165) is 44.2 Å². The van der Waals surface area contributed by atoms with Gasteiger partial charge in [-0.3, -0.25) is 0 Å². The standard InChI is InChI=1S/C51H31N3OS/c1-4-13-32(14-5-1)35-19-12-20-36(27-35)39-28-43(48-44(29-39)42-21-10-11-22-47(42)56-48)37-23-25-40-41-26-24-38(31-46(41)55-45(40)30-37)51-53-49(33-15-6-2-7-16-33)52-50(54-51)34-17-8-3-9-18-34/h1-31H. The van der Waals surface area contributed by atoms with Crippen LogP contribution in [0.3, 0.4) is 0 Å². The number of hydrogen-bond acceptors (Lipinski definition) is 5. The van der Waals surface area contributed by atoms with Gasteiger partial charge in [0.2, 0.25) is 0 Å². The van der Waals surface area contributed by atoms with Crippen molar-refractivity contribution in [1.82, 2.24) is 15.0 Å². The Labute approximate surface area is 327 Å². The predicted molar refractivity (Wildman–Crippen MR) is 233 cm³/mol. The minimum absolute atomic E-state index is 0.598. The Kier molecular flexibility index (Phi) is 7.64. The highest BCUT2D eigenvalue weighted by molar-refractivity contribution is 7.26. The second-order valence-corrected chi connectivity index (χ2v) is 15.1. The van der Waals surface area contributed by atoms with Crippen molar-refractivity contribution in [3.8, 4) is 67.5 Å². The molecule has 0 amide bonds. The van der Waals surface area contributed by atoms with Crippen molar-refractivity contribution in [2.24, 2.45) is 0 Å². The van der Waals surface area contributed by atoms with Gasteiger partial charge in [0.15, 0.2) is 17.5 Å². The number of rotatable bonds is 6. The van der Waals surface area contributed by atoms with Crippen LogP contribution in [-0.4, -0.2) is 15.0 Å². The lowest BCUT2D eigenvalue weighted by molar-refractivity contribution is 0.669. The quantitative estimate of drug-likeness (QED) is 0.171. The van der Waals surface area contributed by atoms with Gasteiger partial charge in [-0.15, -0.1) is 11.3 Å². The molecule has 0 aliphatic rings. The first-order valence-electron chi connectivity index (χ1n) is 18.7. The van der Waals surface area contributed by atoms with E-state index in [1.54, 1.807) is 0 Å². The lowest BCUT2D eigenvalue weighted by Crippen LogP contribution is -2.00. The molecule has 8 aromatic carbocycles. The maximum atomic E-state index is 6.69. The van der Waals surface area contributed by atoms with Crippen LogP contribution < -0.4 is 0 Å². The van der Waals surface area contributed by atoms with Crippen molar-refractivity contribution in [3.63, 3.8) is 0 Å². The molecule has 11 aromatic rings. The van der Waals surface area contributed by atoms with Crippen molar-refractivity contribution in [3.05, 3.63) is 188 Å². The molecule has 0 N–H and O–H groups in total. The number of furan rings is 1. The number of hydrogen-bond donors (Lipinski definition) is 0. The molecule has 0 unspecified atom stereocenters. The van der Waals surface area contributed by atoms with Gasteiger partial charge in [-0.05, 0) is 76.3 Å². The monoisotopic (exact) mass is 733 g/mol. The summed E-state index contributed by atoms with van der Waals surface area (Å²) in [5.41, 5.74) is 11.5. The summed E-state index contributed by atoms with van der Waals surface area (Å²) >= 11 is 1.85. The zero-order chi connectivity index (χ0) is 37.0. The fourth-order valence-electron chi connectivity index (χ4n) is 7.74. The van der Waals surface area contributed by atoms with E-state index in [0.29, 0.717) is 17.5 Å². The Hall–Kier alpha value is -7.21. The SMILES string of the molecule is c1ccc(-c2cccc(-c3cc(-c4ccc5c(c4)oc4cc(-c6nc(-c7ccccc7)nc(-c7ccccc7)n6)ccc45)c4sc5ccccc5c4c3)c2)cc1. The van der Waals surface area contributed by atoms with Crippen molar-refractivity contribution >= 4 is 53.4 Å². The van der Waals surface area contributed by atoms with Gasteiger partial charge in [0.25, 0.3) is 0 Å². The summed E-state index contributed by atoms with van der Waals surface area (Å²) in [7, 11) is 0. The van der Waals surface area contributed by atoms with Crippen LogP contribution in [0.5, 0.6) is 0 Å². The molecule has 262 valence electrons. The zero-order valence-electron chi connectivity index (χ0n) is 30.1. The highest BCUT2D eigenvalue weighted by Gasteiger charge is 2.18. The second kappa shape index (κ2) is 13.3. The molecule has 0 aliphatic carbocycles. The molecule has 3 aromatic heterocycles. The van der Waals surface area contributed by atoms with E-state index < -0.39 is 0 Å². The highest BCUT2D eigenvalue weighted by atomic mass is 32.1. The number of benzene rings is 8. The smallest absolute Gasteiger partial charge is 0.164 e. The van der Waals surface area contributed by atoms with E-state index in [1.165, 1.54) is 48.0 Å². The summed E-state index contributed by atoms with van der Waals surface area (Å²) in [6.07, 6.45) is 0. The summed E-state index contributed by atoms with van der Waals surface area (Å²) in [5, 5.41) is 4.66. The Morgan fingerprint density at radius 3 is 1.50 bits per heavy atom. The molecule has 0 saturated carbocycles. The Morgan fingerprint density at radius 2 is 0.839 bits per heavy atom.